The average molecular weight is 378 g/mol. The Morgan fingerprint density at radius 2 is 1.67 bits per heavy atom. The van der Waals surface area contributed by atoms with E-state index in [-0.39, 0.29) is 18.6 Å². The maximum atomic E-state index is 11.7. The van der Waals surface area contributed by atoms with Gasteiger partial charge in [-0.05, 0) is 25.7 Å². The van der Waals surface area contributed by atoms with Gasteiger partial charge >= 0.3 is 18.1 Å². The summed E-state index contributed by atoms with van der Waals surface area (Å²) in [5.74, 6) is -3.29. The number of halogens is 3. The van der Waals surface area contributed by atoms with Crippen molar-refractivity contribution < 1.29 is 41.0 Å². The first kappa shape index (κ1) is 22.6. The highest BCUT2D eigenvalue weighted by molar-refractivity contribution is 7.88. The molecule has 0 aromatic rings. The molecule has 1 rings (SSSR count). The Morgan fingerprint density at radius 3 is 1.96 bits per heavy atom. The summed E-state index contributed by atoms with van der Waals surface area (Å²) in [6.45, 7) is -0.213. The lowest BCUT2D eigenvalue weighted by atomic mass is 9.92. The topological polar surface area (TPSA) is 127 Å². The molecule has 0 spiro atoms. The molecule has 0 radical (unpaired) electrons. The Labute approximate surface area is 137 Å². The molecule has 1 aliphatic carbocycles. The lowest BCUT2D eigenvalue weighted by molar-refractivity contribution is -0.192. The SMILES string of the molecule is COC(=O)CN(C1CCC(N)CC1)S(C)(=O)=O.O=C(O)C(F)(F)F. The fourth-order valence-corrected chi connectivity index (χ4v) is 3.19. The minimum Gasteiger partial charge on any atom is -0.475 e. The molecule has 142 valence electrons. The summed E-state index contributed by atoms with van der Waals surface area (Å²) < 4.78 is 60.8. The van der Waals surface area contributed by atoms with Crippen LogP contribution in [0.3, 0.4) is 0 Å². The number of carboxylic acid groups (broad SMARTS) is 1. The number of hydrogen-bond acceptors (Lipinski definition) is 6. The number of carbonyl (C=O) groups is 2. The molecule has 3 N–H and O–H groups in total. The van der Waals surface area contributed by atoms with Crippen LogP contribution >= 0.6 is 0 Å². The molecule has 1 aliphatic rings. The first-order valence-electron chi connectivity index (χ1n) is 6.88. The zero-order valence-corrected chi connectivity index (χ0v) is 14.1. The van der Waals surface area contributed by atoms with Crippen LogP contribution in [0, 0.1) is 0 Å². The minimum atomic E-state index is -5.08. The maximum absolute atomic E-state index is 11.7. The summed E-state index contributed by atoms with van der Waals surface area (Å²) in [6, 6.07) is 0.00897. The highest BCUT2D eigenvalue weighted by Gasteiger charge is 2.38. The van der Waals surface area contributed by atoms with Gasteiger partial charge in [0.1, 0.15) is 6.54 Å². The number of alkyl halides is 3. The number of sulfonamides is 1. The summed E-state index contributed by atoms with van der Waals surface area (Å²) in [4.78, 5) is 20.1. The maximum Gasteiger partial charge on any atom is 0.490 e. The summed E-state index contributed by atoms with van der Waals surface area (Å²) in [6.07, 6.45) is -0.989. The number of esters is 1. The standard InChI is InChI=1S/C10H20N2O4S.C2HF3O2/c1-16-10(13)7-12(17(2,14)15)9-5-3-8(11)4-6-9;3-2(4,5)1(6)7/h8-9H,3-7,11H2,1-2H3;(H,6,7). The van der Waals surface area contributed by atoms with Gasteiger partial charge in [0.25, 0.3) is 0 Å². The molecular weight excluding hydrogens is 357 g/mol. The summed E-state index contributed by atoms with van der Waals surface area (Å²) in [7, 11) is -2.15. The van der Waals surface area contributed by atoms with Crippen LogP contribution in [0.25, 0.3) is 0 Å². The molecule has 0 amide bonds. The molecule has 0 unspecified atom stereocenters. The van der Waals surface area contributed by atoms with Gasteiger partial charge in [0.2, 0.25) is 10.0 Å². The molecule has 12 heteroatoms. The van der Waals surface area contributed by atoms with E-state index in [9.17, 15) is 26.4 Å². The molecule has 0 aromatic heterocycles. The molecule has 0 saturated heterocycles. The van der Waals surface area contributed by atoms with E-state index in [0.29, 0.717) is 12.8 Å². The number of ether oxygens (including phenoxy) is 1. The molecule has 0 bridgehead atoms. The molecule has 0 aliphatic heterocycles. The fourth-order valence-electron chi connectivity index (χ4n) is 2.10. The number of methoxy groups -OCH3 is 1. The van der Waals surface area contributed by atoms with Crippen LogP contribution in [0.1, 0.15) is 25.7 Å². The van der Waals surface area contributed by atoms with Crippen LogP contribution in [0.5, 0.6) is 0 Å². The number of carboxylic acids is 1. The number of rotatable bonds is 4. The van der Waals surface area contributed by atoms with E-state index < -0.39 is 28.1 Å². The third-order valence-corrected chi connectivity index (χ3v) is 4.61. The third kappa shape index (κ3) is 8.45. The van der Waals surface area contributed by atoms with E-state index in [1.807, 2.05) is 0 Å². The number of nitrogens with two attached hydrogens (primary N) is 1. The highest BCUT2D eigenvalue weighted by atomic mass is 32.2. The monoisotopic (exact) mass is 378 g/mol. The molecule has 24 heavy (non-hydrogen) atoms. The van der Waals surface area contributed by atoms with Crippen LogP contribution < -0.4 is 5.73 Å². The van der Waals surface area contributed by atoms with Crippen LogP contribution in [0.15, 0.2) is 0 Å². The van der Waals surface area contributed by atoms with Crippen molar-refractivity contribution in [1.82, 2.24) is 4.31 Å². The lowest BCUT2D eigenvalue weighted by Crippen LogP contribution is -2.46. The van der Waals surface area contributed by atoms with Crippen molar-refractivity contribution in [2.24, 2.45) is 5.73 Å². The van der Waals surface area contributed by atoms with Crippen molar-refractivity contribution in [2.75, 3.05) is 19.9 Å². The van der Waals surface area contributed by atoms with Gasteiger partial charge < -0.3 is 15.6 Å². The number of aliphatic carboxylic acids is 1. The van der Waals surface area contributed by atoms with Crippen molar-refractivity contribution in [1.29, 1.82) is 0 Å². The normalized spacial score (nSPS) is 21.6. The van der Waals surface area contributed by atoms with Crippen molar-refractivity contribution in [2.45, 2.75) is 43.9 Å². The van der Waals surface area contributed by atoms with Crippen molar-refractivity contribution in [3.8, 4) is 0 Å². The second kappa shape index (κ2) is 9.18. The van der Waals surface area contributed by atoms with Gasteiger partial charge in [-0.2, -0.15) is 17.5 Å². The quantitative estimate of drug-likeness (QED) is 0.675. The second-order valence-electron chi connectivity index (χ2n) is 5.26. The van der Waals surface area contributed by atoms with Crippen LogP contribution in [-0.2, 0) is 24.3 Å². The lowest BCUT2D eigenvalue weighted by Gasteiger charge is -2.33. The van der Waals surface area contributed by atoms with Gasteiger partial charge in [-0.15, -0.1) is 0 Å². The summed E-state index contributed by atoms with van der Waals surface area (Å²) in [5, 5.41) is 7.12. The Morgan fingerprint density at radius 1 is 1.25 bits per heavy atom. The molecule has 8 nitrogen and oxygen atoms in total. The summed E-state index contributed by atoms with van der Waals surface area (Å²) in [5.41, 5.74) is 5.77. The first-order valence-corrected chi connectivity index (χ1v) is 8.73. The van der Waals surface area contributed by atoms with E-state index in [2.05, 4.69) is 4.74 Å². The Hall–Kier alpha value is -1.40. The van der Waals surface area contributed by atoms with Crippen LogP contribution in [0.4, 0.5) is 13.2 Å². The van der Waals surface area contributed by atoms with Gasteiger partial charge in [0.15, 0.2) is 0 Å². The first-order chi connectivity index (χ1) is 10.8. The smallest absolute Gasteiger partial charge is 0.475 e. The third-order valence-electron chi connectivity index (χ3n) is 3.33. The predicted octanol–water partition coefficient (Wildman–Crippen LogP) is 0.324. The van der Waals surface area contributed by atoms with Crippen molar-refractivity contribution in [3.63, 3.8) is 0 Å². The van der Waals surface area contributed by atoms with E-state index >= 15 is 0 Å². The molecular formula is C12H21F3N2O6S. The van der Waals surface area contributed by atoms with E-state index in [1.165, 1.54) is 11.4 Å². The van der Waals surface area contributed by atoms with Gasteiger partial charge in [-0.1, -0.05) is 0 Å². The Balaban J connectivity index is 0.000000640. The molecule has 0 heterocycles. The van der Waals surface area contributed by atoms with Gasteiger partial charge in [0, 0.05) is 12.1 Å². The van der Waals surface area contributed by atoms with Gasteiger partial charge in [-0.3, -0.25) is 4.79 Å². The highest BCUT2D eigenvalue weighted by Crippen LogP contribution is 2.23. The zero-order chi connectivity index (χ0) is 19.1. The number of hydrogen-bond donors (Lipinski definition) is 2. The predicted molar refractivity (Wildman–Crippen MR) is 77.5 cm³/mol. The van der Waals surface area contributed by atoms with E-state index in [4.69, 9.17) is 15.6 Å². The molecule has 0 aromatic carbocycles. The Bertz CT molecular complexity index is 529. The molecule has 1 fully saturated rings. The number of carbonyl (C=O) groups excluding carboxylic acids is 1. The average Bonchev–Trinajstić information content (AvgIpc) is 2.44. The largest absolute Gasteiger partial charge is 0.490 e. The van der Waals surface area contributed by atoms with E-state index in [1.54, 1.807) is 0 Å². The Kier molecular flexibility index (Phi) is 8.64. The zero-order valence-electron chi connectivity index (χ0n) is 13.2. The molecule has 1 saturated carbocycles. The second-order valence-corrected chi connectivity index (χ2v) is 7.19. The van der Waals surface area contributed by atoms with Gasteiger partial charge in [-0.25, -0.2) is 13.2 Å². The summed E-state index contributed by atoms with van der Waals surface area (Å²) >= 11 is 0. The van der Waals surface area contributed by atoms with Crippen LogP contribution in [0.2, 0.25) is 0 Å². The van der Waals surface area contributed by atoms with Crippen molar-refractivity contribution >= 4 is 22.0 Å². The van der Waals surface area contributed by atoms with Gasteiger partial charge in [0.05, 0.1) is 13.4 Å². The minimum absolute atomic E-state index is 0.135. The fraction of sp³-hybridized carbons (Fsp3) is 0.833. The van der Waals surface area contributed by atoms with Crippen molar-refractivity contribution in [3.05, 3.63) is 0 Å². The van der Waals surface area contributed by atoms with E-state index in [0.717, 1.165) is 19.1 Å². The number of nitrogens with zero attached hydrogens (tertiary/aromatic N) is 1. The molecule has 0 atom stereocenters. The van der Waals surface area contributed by atoms with Crippen LogP contribution in [-0.4, -0.2) is 67.9 Å².